The van der Waals surface area contributed by atoms with E-state index in [1.807, 2.05) is 0 Å². The second-order valence-electron chi connectivity index (χ2n) is 3.20. The van der Waals surface area contributed by atoms with Gasteiger partial charge >= 0.3 is 0 Å². The predicted octanol–water partition coefficient (Wildman–Crippen LogP) is 1.94. The van der Waals surface area contributed by atoms with E-state index in [4.69, 9.17) is 0 Å². The van der Waals surface area contributed by atoms with Crippen LogP contribution in [0, 0.1) is 5.92 Å². The van der Waals surface area contributed by atoms with Crippen molar-refractivity contribution < 1.29 is 4.79 Å². The fourth-order valence-electron chi connectivity index (χ4n) is 1.35. The van der Waals surface area contributed by atoms with Gasteiger partial charge in [-0.15, -0.1) is 0 Å². The van der Waals surface area contributed by atoms with Crippen molar-refractivity contribution in [1.29, 1.82) is 0 Å². The summed E-state index contributed by atoms with van der Waals surface area (Å²) in [4.78, 5) is 12.5. The van der Waals surface area contributed by atoms with Crippen LogP contribution in [0.2, 0.25) is 0 Å². The number of carbonyl (C=O) groups is 1. The number of aldehydes is 1. The SMILES string of the molecule is CCC(CC)CN(CC)CC=O. The molecule has 0 aliphatic rings. The Kier molecular flexibility index (Phi) is 7.06. The zero-order chi connectivity index (χ0) is 9.40. The summed E-state index contributed by atoms with van der Waals surface area (Å²) in [5, 5.41) is 0. The molecule has 0 aromatic heterocycles. The highest BCUT2D eigenvalue weighted by Gasteiger charge is 2.08. The molecule has 0 aliphatic heterocycles. The van der Waals surface area contributed by atoms with Crippen LogP contribution < -0.4 is 0 Å². The lowest BCUT2D eigenvalue weighted by Gasteiger charge is -2.22. The molecule has 0 fully saturated rings. The van der Waals surface area contributed by atoms with Crippen molar-refractivity contribution in [1.82, 2.24) is 4.90 Å². The van der Waals surface area contributed by atoms with E-state index in [-0.39, 0.29) is 0 Å². The summed E-state index contributed by atoms with van der Waals surface area (Å²) in [5.41, 5.74) is 0. The fourth-order valence-corrected chi connectivity index (χ4v) is 1.35. The summed E-state index contributed by atoms with van der Waals surface area (Å²) >= 11 is 0. The van der Waals surface area contributed by atoms with Gasteiger partial charge in [-0.05, 0) is 12.5 Å². The van der Waals surface area contributed by atoms with E-state index in [0.717, 1.165) is 25.3 Å². The van der Waals surface area contributed by atoms with Gasteiger partial charge in [0.2, 0.25) is 0 Å². The molecule has 72 valence electrons. The van der Waals surface area contributed by atoms with Gasteiger partial charge in [0, 0.05) is 6.54 Å². The zero-order valence-electron chi connectivity index (χ0n) is 8.55. The Hall–Kier alpha value is -0.370. The minimum Gasteiger partial charge on any atom is -0.302 e. The first kappa shape index (κ1) is 11.6. The molecule has 0 bridgehead atoms. The Balaban J connectivity index is 3.73. The topological polar surface area (TPSA) is 20.3 Å². The molecule has 0 saturated heterocycles. The third-order valence-electron chi connectivity index (χ3n) is 2.45. The molecule has 0 aromatic rings. The van der Waals surface area contributed by atoms with Crippen LogP contribution in [-0.4, -0.2) is 30.8 Å². The van der Waals surface area contributed by atoms with E-state index in [2.05, 4.69) is 25.7 Å². The summed E-state index contributed by atoms with van der Waals surface area (Å²) in [6.45, 7) is 9.17. The van der Waals surface area contributed by atoms with E-state index in [1.165, 1.54) is 12.8 Å². The maximum absolute atomic E-state index is 10.3. The Bertz CT molecular complexity index is 110. The van der Waals surface area contributed by atoms with Crippen LogP contribution in [0.3, 0.4) is 0 Å². The Labute approximate surface area is 75.9 Å². The first-order valence-corrected chi connectivity index (χ1v) is 4.94. The first-order chi connectivity index (χ1) is 5.78. The molecule has 0 saturated carbocycles. The predicted molar refractivity (Wildman–Crippen MR) is 52.3 cm³/mol. The summed E-state index contributed by atoms with van der Waals surface area (Å²) in [6, 6.07) is 0. The molecular formula is C10H21NO. The monoisotopic (exact) mass is 171 g/mol. The second kappa shape index (κ2) is 7.29. The molecule has 2 nitrogen and oxygen atoms in total. The lowest BCUT2D eigenvalue weighted by molar-refractivity contribution is -0.109. The van der Waals surface area contributed by atoms with Crippen LogP contribution in [0.4, 0.5) is 0 Å². The van der Waals surface area contributed by atoms with Crippen LogP contribution in [0.15, 0.2) is 0 Å². The van der Waals surface area contributed by atoms with Crippen LogP contribution in [-0.2, 0) is 4.79 Å². The Morgan fingerprint density at radius 2 is 1.83 bits per heavy atom. The highest BCUT2D eigenvalue weighted by atomic mass is 16.1. The van der Waals surface area contributed by atoms with E-state index in [9.17, 15) is 4.79 Å². The summed E-state index contributed by atoms with van der Waals surface area (Å²) in [6.07, 6.45) is 3.42. The van der Waals surface area contributed by atoms with Gasteiger partial charge in [0.15, 0.2) is 0 Å². The average Bonchev–Trinajstić information content (AvgIpc) is 2.12. The number of carbonyl (C=O) groups excluding carboxylic acids is 1. The number of rotatable bonds is 7. The first-order valence-electron chi connectivity index (χ1n) is 4.94. The minimum absolute atomic E-state index is 0.590. The van der Waals surface area contributed by atoms with Crippen molar-refractivity contribution in [3.63, 3.8) is 0 Å². The fraction of sp³-hybridized carbons (Fsp3) is 0.900. The molecule has 0 aliphatic carbocycles. The molecule has 0 N–H and O–H groups in total. The lowest BCUT2D eigenvalue weighted by atomic mass is 10.0. The van der Waals surface area contributed by atoms with Crippen LogP contribution >= 0.6 is 0 Å². The Morgan fingerprint density at radius 3 is 2.17 bits per heavy atom. The van der Waals surface area contributed by atoms with Gasteiger partial charge < -0.3 is 4.79 Å². The highest BCUT2D eigenvalue weighted by molar-refractivity contribution is 5.51. The minimum atomic E-state index is 0.590. The van der Waals surface area contributed by atoms with E-state index in [1.54, 1.807) is 0 Å². The third-order valence-corrected chi connectivity index (χ3v) is 2.45. The van der Waals surface area contributed by atoms with Gasteiger partial charge in [0.25, 0.3) is 0 Å². The third kappa shape index (κ3) is 4.50. The maximum atomic E-state index is 10.3. The summed E-state index contributed by atoms with van der Waals surface area (Å²) in [7, 11) is 0. The van der Waals surface area contributed by atoms with Crippen molar-refractivity contribution in [2.45, 2.75) is 33.6 Å². The van der Waals surface area contributed by atoms with Gasteiger partial charge in [0.1, 0.15) is 6.29 Å². The second-order valence-corrected chi connectivity index (χ2v) is 3.20. The zero-order valence-corrected chi connectivity index (χ0v) is 8.55. The standard InChI is InChI=1S/C10H21NO/c1-4-10(5-2)9-11(6-3)7-8-12/h8,10H,4-7,9H2,1-3H3. The van der Waals surface area contributed by atoms with Crippen molar-refractivity contribution in [3.05, 3.63) is 0 Å². The van der Waals surface area contributed by atoms with Crippen LogP contribution in [0.25, 0.3) is 0 Å². The Morgan fingerprint density at radius 1 is 1.25 bits per heavy atom. The van der Waals surface area contributed by atoms with Gasteiger partial charge in [-0.2, -0.15) is 0 Å². The molecule has 0 rings (SSSR count). The maximum Gasteiger partial charge on any atom is 0.133 e. The van der Waals surface area contributed by atoms with Crippen molar-refractivity contribution in [3.8, 4) is 0 Å². The summed E-state index contributed by atoms with van der Waals surface area (Å²) < 4.78 is 0. The van der Waals surface area contributed by atoms with Gasteiger partial charge in [0.05, 0.1) is 6.54 Å². The molecule has 2 heteroatoms. The normalized spacial score (nSPS) is 11.1. The van der Waals surface area contributed by atoms with Crippen molar-refractivity contribution >= 4 is 6.29 Å². The number of nitrogens with zero attached hydrogens (tertiary/aromatic N) is 1. The number of hydrogen-bond acceptors (Lipinski definition) is 2. The summed E-state index contributed by atoms with van der Waals surface area (Å²) in [5.74, 6) is 0.755. The number of hydrogen-bond donors (Lipinski definition) is 0. The van der Waals surface area contributed by atoms with E-state index < -0.39 is 0 Å². The highest BCUT2D eigenvalue weighted by Crippen LogP contribution is 2.08. The van der Waals surface area contributed by atoms with Crippen LogP contribution in [0.5, 0.6) is 0 Å². The molecule has 0 radical (unpaired) electrons. The average molecular weight is 171 g/mol. The van der Waals surface area contributed by atoms with Crippen LogP contribution in [0.1, 0.15) is 33.6 Å². The van der Waals surface area contributed by atoms with Gasteiger partial charge in [-0.1, -0.05) is 33.6 Å². The smallest absolute Gasteiger partial charge is 0.133 e. The molecular weight excluding hydrogens is 150 g/mol. The molecule has 0 spiro atoms. The molecule has 0 atom stereocenters. The van der Waals surface area contributed by atoms with Crippen molar-refractivity contribution in [2.75, 3.05) is 19.6 Å². The molecule has 0 amide bonds. The van der Waals surface area contributed by atoms with E-state index in [0.29, 0.717) is 6.54 Å². The lowest BCUT2D eigenvalue weighted by Crippen LogP contribution is -2.30. The largest absolute Gasteiger partial charge is 0.302 e. The molecule has 0 aromatic carbocycles. The molecule has 0 heterocycles. The van der Waals surface area contributed by atoms with Gasteiger partial charge in [-0.25, -0.2) is 0 Å². The molecule has 0 unspecified atom stereocenters. The number of likely N-dealkylation sites (N-methyl/N-ethyl adjacent to an activating group) is 1. The van der Waals surface area contributed by atoms with Crippen molar-refractivity contribution in [2.24, 2.45) is 5.92 Å². The van der Waals surface area contributed by atoms with Gasteiger partial charge in [-0.3, -0.25) is 4.90 Å². The quantitative estimate of drug-likeness (QED) is 0.546. The molecule has 12 heavy (non-hydrogen) atoms. The van der Waals surface area contributed by atoms with E-state index >= 15 is 0 Å².